The third-order valence-electron chi connectivity index (χ3n) is 3.76. The van der Waals surface area contributed by atoms with Gasteiger partial charge in [-0.3, -0.25) is 9.98 Å². The summed E-state index contributed by atoms with van der Waals surface area (Å²) in [4.78, 5) is 8.51. The molecule has 0 aliphatic heterocycles. The maximum Gasteiger partial charge on any atom is 0.188 e. The van der Waals surface area contributed by atoms with Crippen LogP contribution in [0.5, 0.6) is 0 Å². The minimum atomic E-state index is 0. The van der Waals surface area contributed by atoms with E-state index in [1.807, 2.05) is 12.4 Å². The monoisotopic (exact) mass is 388 g/mol. The number of pyridine rings is 1. The highest BCUT2D eigenvalue weighted by Gasteiger charge is 2.13. The molecule has 4 nitrogen and oxygen atoms in total. The quantitative estimate of drug-likeness (QED) is 0.474. The fourth-order valence-electron chi connectivity index (χ4n) is 2.58. The van der Waals surface area contributed by atoms with Crippen molar-refractivity contribution >= 4 is 29.9 Å². The van der Waals surface area contributed by atoms with E-state index in [1.54, 1.807) is 0 Å². The van der Waals surface area contributed by atoms with E-state index in [9.17, 15) is 0 Å². The number of hydrogen-bond acceptors (Lipinski definition) is 2. The fourth-order valence-corrected chi connectivity index (χ4v) is 2.58. The lowest BCUT2D eigenvalue weighted by molar-refractivity contribution is 0.412. The standard InChI is InChI=1S/C15H24N4.HI/c1-12-11-17-9-7-13(12)8-10-18-15(16)19-14-5-3-2-4-6-14;/h7,9,11,14H,2-6,8,10H2,1H3,(H3,16,18,19);1H. The first-order valence-electron chi connectivity index (χ1n) is 7.21. The first kappa shape index (κ1) is 17.2. The number of nitrogens with one attached hydrogen (secondary N) is 1. The van der Waals surface area contributed by atoms with Crippen LogP contribution in [0.1, 0.15) is 43.2 Å². The normalized spacial score (nSPS) is 16.6. The topological polar surface area (TPSA) is 63.3 Å². The molecule has 5 heteroatoms. The van der Waals surface area contributed by atoms with Crippen LogP contribution in [-0.4, -0.2) is 23.5 Å². The molecule has 0 bridgehead atoms. The smallest absolute Gasteiger partial charge is 0.188 e. The minimum absolute atomic E-state index is 0. The van der Waals surface area contributed by atoms with Gasteiger partial charge >= 0.3 is 0 Å². The number of guanidine groups is 1. The first-order chi connectivity index (χ1) is 9.25. The lowest BCUT2D eigenvalue weighted by Gasteiger charge is -2.23. The summed E-state index contributed by atoms with van der Waals surface area (Å²) in [6.07, 6.45) is 11.1. The lowest BCUT2D eigenvalue weighted by atomic mass is 9.96. The molecule has 1 aliphatic rings. The Kier molecular flexibility index (Phi) is 7.87. The Labute approximate surface area is 138 Å². The Bertz CT molecular complexity index is 428. The molecular weight excluding hydrogens is 363 g/mol. The number of aliphatic imine (C=N–C) groups is 1. The van der Waals surface area contributed by atoms with Crippen LogP contribution in [0.3, 0.4) is 0 Å². The highest BCUT2D eigenvalue weighted by atomic mass is 127. The Morgan fingerprint density at radius 3 is 2.85 bits per heavy atom. The highest BCUT2D eigenvalue weighted by molar-refractivity contribution is 14.0. The highest BCUT2D eigenvalue weighted by Crippen LogP contribution is 2.17. The second-order valence-electron chi connectivity index (χ2n) is 5.30. The van der Waals surface area contributed by atoms with E-state index >= 15 is 0 Å². The van der Waals surface area contributed by atoms with Gasteiger partial charge in [-0.25, -0.2) is 0 Å². The van der Waals surface area contributed by atoms with Gasteiger partial charge in [0.25, 0.3) is 0 Å². The van der Waals surface area contributed by atoms with Crippen LogP contribution in [0.4, 0.5) is 0 Å². The molecule has 3 N–H and O–H groups in total. The molecule has 1 aromatic rings. The van der Waals surface area contributed by atoms with Gasteiger partial charge in [0.05, 0.1) is 0 Å². The molecule has 0 aromatic carbocycles. The molecule has 112 valence electrons. The van der Waals surface area contributed by atoms with Crippen molar-refractivity contribution < 1.29 is 0 Å². The van der Waals surface area contributed by atoms with Crippen molar-refractivity contribution in [2.45, 2.75) is 51.5 Å². The predicted molar refractivity (Wildman–Crippen MR) is 94.6 cm³/mol. The van der Waals surface area contributed by atoms with E-state index in [0.717, 1.165) is 13.0 Å². The maximum atomic E-state index is 5.93. The van der Waals surface area contributed by atoms with Gasteiger partial charge in [-0.15, -0.1) is 24.0 Å². The van der Waals surface area contributed by atoms with Gasteiger partial charge in [0.15, 0.2) is 5.96 Å². The molecule has 0 amide bonds. The van der Waals surface area contributed by atoms with Crippen molar-refractivity contribution in [2.75, 3.05) is 6.54 Å². The fraction of sp³-hybridized carbons (Fsp3) is 0.600. The number of rotatable bonds is 4. The molecule has 0 saturated heterocycles. The van der Waals surface area contributed by atoms with E-state index in [0.29, 0.717) is 12.0 Å². The van der Waals surface area contributed by atoms with Gasteiger partial charge in [0.1, 0.15) is 0 Å². The second-order valence-corrected chi connectivity index (χ2v) is 5.30. The second kappa shape index (κ2) is 9.15. The minimum Gasteiger partial charge on any atom is -0.370 e. The van der Waals surface area contributed by atoms with E-state index in [1.165, 1.54) is 43.2 Å². The van der Waals surface area contributed by atoms with E-state index in [4.69, 9.17) is 5.73 Å². The van der Waals surface area contributed by atoms with Crippen LogP contribution in [0.2, 0.25) is 0 Å². The lowest BCUT2D eigenvalue weighted by Crippen LogP contribution is -2.41. The molecule has 1 fully saturated rings. The predicted octanol–water partition coefficient (Wildman–Crippen LogP) is 2.79. The van der Waals surface area contributed by atoms with E-state index in [-0.39, 0.29) is 24.0 Å². The first-order valence-corrected chi connectivity index (χ1v) is 7.21. The average molecular weight is 388 g/mol. The Balaban J connectivity index is 0.00000200. The molecule has 0 radical (unpaired) electrons. The van der Waals surface area contributed by atoms with Crippen LogP contribution in [0.15, 0.2) is 23.5 Å². The van der Waals surface area contributed by atoms with Gasteiger partial charge in [-0.2, -0.15) is 0 Å². The molecule has 1 heterocycles. The SMILES string of the molecule is Cc1cnccc1CCN=C(N)NC1CCCCC1.I. The van der Waals surface area contributed by atoms with Crippen LogP contribution in [0.25, 0.3) is 0 Å². The zero-order valence-corrected chi connectivity index (χ0v) is 14.5. The Morgan fingerprint density at radius 1 is 1.40 bits per heavy atom. The van der Waals surface area contributed by atoms with Crippen molar-refractivity contribution in [3.05, 3.63) is 29.6 Å². The number of halogens is 1. The summed E-state index contributed by atoms with van der Waals surface area (Å²) in [6.45, 7) is 2.81. The molecule has 0 unspecified atom stereocenters. The van der Waals surface area contributed by atoms with E-state index < -0.39 is 0 Å². The van der Waals surface area contributed by atoms with Crippen molar-refractivity contribution in [3.63, 3.8) is 0 Å². The molecule has 0 atom stereocenters. The number of hydrogen-bond donors (Lipinski definition) is 2. The number of nitrogens with zero attached hydrogens (tertiary/aromatic N) is 2. The maximum absolute atomic E-state index is 5.93. The molecule has 1 aliphatic carbocycles. The number of nitrogens with two attached hydrogens (primary N) is 1. The molecular formula is C15H25IN4. The van der Waals surface area contributed by atoms with Gasteiger partial charge < -0.3 is 11.1 Å². The summed E-state index contributed by atoms with van der Waals surface area (Å²) < 4.78 is 0. The molecule has 2 rings (SSSR count). The van der Waals surface area contributed by atoms with E-state index in [2.05, 4.69) is 28.3 Å². The molecule has 1 aromatic heterocycles. The number of aryl methyl sites for hydroxylation is 1. The van der Waals surface area contributed by atoms with Crippen molar-refractivity contribution in [2.24, 2.45) is 10.7 Å². The summed E-state index contributed by atoms with van der Waals surface area (Å²) >= 11 is 0. The summed E-state index contributed by atoms with van der Waals surface area (Å²) in [7, 11) is 0. The van der Waals surface area contributed by atoms with Crippen molar-refractivity contribution in [1.29, 1.82) is 0 Å². The molecule has 0 spiro atoms. The summed E-state index contributed by atoms with van der Waals surface area (Å²) in [6, 6.07) is 2.58. The van der Waals surface area contributed by atoms with Gasteiger partial charge in [-0.1, -0.05) is 19.3 Å². The largest absolute Gasteiger partial charge is 0.370 e. The average Bonchev–Trinajstić information content (AvgIpc) is 2.42. The molecule has 20 heavy (non-hydrogen) atoms. The van der Waals surface area contributed by atoms with Crippen LogP contribution in [0, 0.1) is 6.92 Å². The van der Waals surface area contributed by atoms with Crippen LogP contribution >= 0.6 is 24.0 Å². The number of aromatic nitrogens is 1. The zero-order valence-electron chi connectivity index (χ0n) is 12.1. The van der Waals surface area contributed by atoms with Crippen LogP contribution < -0.4 is 11.1 Å². The van der Waals surface area contributed by atoms with Crippen molar-refractivity contribution in [1.82, 2.24) is 10.3 Å². The van der Waals surface area contributed by atoms with Gasteiger partial charge in [-0.05, 0) is 43.4 Å². The van der Waals surface area contributed by atoms with Crippen molar-refractivity contribution in [3.8, 4) is 0 Å². The Hall–Kier alpha value is -0.850. The summed E-state index contributed by atoms with van der Waals surface area (Å²) in [5.74, 6) is 0.596. The van der Waals surface area contributed by atoms with Gasteiger partial charge in [0.2, 0.25) is 0 Å². The van der Waals surface area contributed by atoms with Crippen LogP contribution in [-0.2, 0) is 6.42 Å². The third-order valence-corrected chi connectivity index (χ3v) is 3.76. The third kappa shape index (κ3) is 5.64. The zero-order chi connectivity index (χ0) is 13.5. The van der Waals surface area contributed by atoms with Gasteiger partial charge in [0, 0.05) is 25.0 Å². The Morgan fingerprint density at radius 2 is 2.15 bits per heavy atom. The summed E-state index contributed by atoms with van der Waals surface area (Å²) in [5.41, 5.74) is 8.45. The molecule has 1 saturated carbocycles. The summed E-state index contributed by atoms with van der Waals surface area (Å²) in [5, 5.41) is 3.34.